The summed E-state index contributed by atoms with van der Waals surface area (Å²) < 4.78 is 11.2. The van der Waals surface area contributed by atoms with Crippen LogP contribution in [0.3, 0.4) is 0 Å². The number of amides is 2. The molecule has 0 atom stereocenters. The lowest BCUT2D eigenvalue weighted by Gasteiger charge is -2.21. The highest BCUT2D eigenvalue weighted by atomic mass is 32.2. The molecule has 2 aromatic carbocycles. The van der Waals surface area contributed by atoms with Crippen molar-refractivity contribution in [2.24, 2.45) is 0 Å². The normalized spacial score (nSPS) is 12.6. The Labute approximate surface area is 145 Å². The Balaban J connectivity index is 1.67. The van der Waals surface area contributed by atoms with Gasteiger partial charge >= 0.3 is 6.03 Å². The number of aryl methyl sites for hydroxylation is 1. The first kappa shape index (κ1) is 16.5. The quantitative estimate of drug-likeness (QED) is 0.828. The number of rotatable bonds is 4. The van der Waals surface area contributed by atoms with Crippen molar-refractivity contribution in [3.8, 4) is 11.5 Å². The summed E-state index contributed by atoms with van der Waals surface area (Å²) in [4.78, 5) is 13.1. The van der Waals surface area contributed by atoms with Gasteiger partial charge in [-0.05, 0) is 24.8 Å². The second kappa shape index (κ2) is 7.49. The van der Waals surface area contributed by atoms with E-state index in [4.69, 9.17) is 9.47 Å². The zero-order valence-electron chi connectivity index (χ0n) is 13.7. The zero-order valence-corrected chi connectivity index (χ0v) is 14.5. The number of carbonyl (C=O) groups excluding carboxylic acids is 1. The number of nitrogens with one attached hydrogen (secondary N) is 2. The third-order valence-corrected chi connectivity index (χ3v) is 4.43. The number of ether oxygens (including phenoxy) is 2. The van der Waals surface area contributed by atoms with Crippen molar-refractivity contribution in [3.05, 3.63) is 47.5 Å². The molecule has 1 heterocycles. The fourth-order valence-electron chi connectivity index (χ4n) is 2.51. The molecule has 3 rings (SSSR count). The van der Waals surface area contributed by atoms with Crippen molar-refractivity contribution in [2.75, 3.05) is 24.8 Å². The second-order valence-electron chi connectivity index (χ2n) is 5.49. The van der Waals surface area contributed by atoms with Gasteiger partial charge in [0, 0.05) is 17.5 Å². The van der Waals surface area contributed by atoms with Crippen LogP contribution in [0.1, 0.15) is 11.1 Å². The van der Waals surface area contributed by atoms with Crippen LogP contribution in [0, 0.1) is 6.92 Å². The molecule has 0 saturated carbocycles. The molecule has 0 aliphatic carbocycles. The Morgan fingerprint density at radius 2 is 1.92 bits per heavy atom. The minimum absolute atomic E-state index is 0.247. The van der Waals surface area contributed by atoms with Crippen LogP contribution in [0.25, 0.3) is 0 Å². The number of benzene rings is 2. The van der Waals surface area contributed by atoms with Gasteiger partial charge in [0.15, 0.2) is 11.5 Å². The number of thioether (sulfide) groups is 1. The van der Waals surface area contributed by atoms with E-state index in [1.807, 2.05) is 43.5 Å². The second-order valence-corrected chi connectivity index (χ2v) is 6.34. The Kier molecular flexibility index (Phi) is 5.15. The molecule has 0 fully saturated rings. The molecule has 0 aromatic heterocycles. The Morgan fingerprint density at radius 3 is 2.62 bits per heavy atom. The Morgan fingerprint density at radius 1 is 1.17 bits per heavy atom. The Hall–Kier alpha value is -2.34. The molecule has 2 N–H and O–H groups in total. The first-order valence-corrected chi connectivity index (χ1v) is 8.96. The van der Waals surface area contributed by atoms with E-state index in [-0.39, 0.29) is 6.03 Å². The molecule has 126 valence electrons. The monoisotopic (exact) mass is 344 g/mol. The minimum atomic E-state index is -0.247. The third-order valence-electron chi connectivity index (χ3n) is 3.65. The van der Waals surface area contributed by atoms with Gasteiger partial charge in [0.1, 0.15) is 13.2 Å². The lowest BCUT2D eigenvalue weighted by molar-refractivity contribution is 0.171. The molecular weight excluding hydrogens is 324 g/mol. The number of anilines is 1. The van der Waals surface area contributed by atoms with Gasteiger partial charge in [-0.2, -0.15) is 0 Å². The summed E-state index contributed by atoms with van der Waals surface area (Å²) in [5.74, 6) is 1.38. The van der Waals surface area contributed by atoms with Crippen molar-refractivity contribution in [1.29, 1.82) is 0 Å². The van der Waals surface area contributed by atoms with Crippen molar-refractivity contribution >= 4 is 23.5 Å². The number of carbonyl (C=O) groups is 1. The summed E-state index contributed by atoms with van der Waals surface area (Å²) in [7, 11) is 0. The van der Waals surface area contributed by atoms with Gasteiger partial charge in [-0.3, -0.25) is 0 Å². The molecule has 2 aromatic rings. The number of hydrogen-bond acceptors (Lipinski definition) is 4. The number of hydrogen-bond donors (Lipinski definition) is 2. The predicted molar refractivity (Wildman–Crippen MR) is 96.3 cm³/mol. The van der Waals surface area contributed by atoms with Gasteiger partial charge in [-0.1, -0.05) is 29.8 Å². The molecule has 0 unspecified atom stereocenters. The largest absolute Gasteiger partial charge is 0.486 e. The molecule has 5 nitrogen and oxygen atoms in total. The molecule has 0 saturated heterocycles. The Bertz CT molecular complexity index is 749. The molecule has 1 aliphatic heterocycles. The molecule has 6 heteroatoms. The van der Waals surface area contributed by atoms with Crippen molar-refractivity contribution in [3.63, 3.8) is 0 Å². The highest BCUT2D eigenvalue weighted by molar-refractivity contribution is 7.98. The van der Waals surface area contributed by atoms with Gasteiger partial charge in [-0.15, -0.1) is 11.8 Å². The molecule has 0 bridgehead atoms. The van der Waals surface area contributed by atoms with Crippen molar-refractivity contribution in [2.45, 2.75) is 18.4 Å². The highest BCUT2D eigenvalue weighted by Crippen LogP contribution is 2.39. The van der Waals surface area contributed by atoms with Crippen LogP contribution < -0.4 is 20.1 Å². The van der Waals surface area contributed by atoms with E-state index in [9.17, 15) is 4.79 Å². The number of urea groups is 1. The average Bonchev–Trinajstić information content (AvgIpc) is 2.59. The molecule has 1 aliphatic rings. The molecule has 2 amide bonds. The first-order chi connectivity index (χ1) is 11.7. The van der Waals surface area contributed by atoms with E-state index >= 15 is 0 Å². The lowest BCUT2D eigenvalue weighted by Crippen LogP contribution is -2.28. The van der Waals surface area contributed by atoms with E-state index < -0.39 is 0 Å². The van der Waals surface area contributed by atoms with E-state index in [2.05, 4.69) is 16.7 Å². The van der Waals surface area contributed by atoms with Crippen molar-refractivity contribution < 1.29 is 14.3 Å². The van der Waals surface area contributed by atoms with Gasteiger partial charge in [0.25, 0.3) is 0 Å². The van der Waals surface area contributed by atoms with Crippen molar-refractivity contribution in [1.82, 2.24) is 5.32 Å². The third kappa shape index (κ3) is 3.94. The average molecular weight is 344 g/mol. The van der Waals surface area contributed by atoms with E-state index in [0.717, 1.165) is 16.2 Å². The highest BCUT2D eigenvalue weighted by Gasteiger charge is 2.16. The van der Waals surface area contributed by atoms with E-state index in [0.29, 0.717) is 31.2 Å². The summed E-state index contributed by atoms with van der Waals surface area (Å²) in [6, 6.07) is 11.5. The number of fused-ring (bicyclic) bond motifs is 1. The topological polar surface area (TPSA) is 59.6 Å². The van der Waals surface area contributed by atoms with Crippen LogP contribution in [0.4, 0.5) is 10.5 Å². The predicted octanol–water partition coefficient (Wildman–Crippen LogP) is 3.81. The summed E-state index contributed by atoms with van der Waals surface area (Å²) >= 11 is 1.55. The van der Waals surface area contributed by atoms with Crippen LogP contribution in [0.2, 0.25) is 0 Å². The van der Waals surface area contributed by atoms with Crippen LogP contribution in [0.15, 0.2) is 41.3 Å². The summed E-state index contributed by atoms with van der Waals surface area (Å²) in [5.41, 5.74) is 2.96. The molecule has 0 spiro atoms. The van der Waals surface area contributed by atoms with Gasteiger partial charge < -0.3 is 20.1 Å². The van der Waals surface area contributed by atoms with Gasteiger partial charge in [-0.25, -0.2) is 4.79 Å². The first-order valence-electron chi connectivity index (χ1n) is 7.74. The van der Waals surface area contributed by atoms with Crippen LogP contribution >= 0.6 is 11.8 Å². The fraction of sp³-hybridized carbons (Fsp3) is 0.278. The van der Waals surface area contributed by atoms with Crippen LogP contribution in [0.5, 0.6) is 11.5 Å². The molecule has 24 heavy (non-hydrogen) atoms. The maximum Gasteiger partial charge on any atom is 0.319 e. The standard InChI is InChI=1S/C18H20N2O3S/c1-12-4-3-5-13(8-12)11-19-18(21)20-14-9-15-16(10-17(14)24-2)23-7-6-22-15/h3-5,8-10H,6-7,11H2,1-2H3,(H2,19,20,21). The smallest absolute Gasteiger partial charge is 0.319 e. The summed E-state index contributed by atoms with van der Waals surface area (Å²) in [5, 5.41) is 5.76. The molecule has 0 radical (unpaired) electrons. The SMILES string of the molecule is CSc1cc2c(cc1NC(=O)NCc1cccc(C)c1)OCCO2. The van der Waals surface area contributed by atoms with E-state index in [1.165, 1.54) is 5.56 Å². The van der Waals surface area contributed by atoms with Crippen LogP contribution in [-0.2, 0) is 6.54 Å². The van der Waals surface area contributed by atoms with Gasteiger partial charge in [0.2, 0.25) is 0 Å². The fourth-order valence-corrected chi connectivity index (χ4v) is 3.06. The lowest BCUT2D eigenvalue weighted by atomic mass is 10.1. The minimum Gasteiger partial charge on any atom is -0.486 e. The summed E-state index contributed by atoms with van der Waals surface area (Å²) in [6.07, 6.45) is 1.96. The summed E-state index contributed by atoms with van der Waals surface area (Å²) in [6.45, 7) is 3.57. The van der Waals surface area contributed by atoms with Crippen LogP contribution in [-0.4, -0.2) is 25.5 Å². The van der Waals surface area contributed by atoms with E-state index in [1.54, 1.807) is 11.8 Å². The molecular formula is C18H20N2O3S. The van der Waals surface area contributed by atoms with Gasteiger partial charge in [0.05, 0.1) is 5.69 Å². The zero-order chi connectivity index (χ0) is 16.9. The maximum atomic E-state index is 12.2. The maximum absolute atomic E-state index is 12.2.